The summed E-state index contributed by atoms with van der Waals surface area (Å²) in [5.74, 6) is 1.39. The molecule has 154 valence electrons. The molecule has 2 aliphatic rings. The third-order valence-electron chi connectivity index (χ3n) is 5.99. The molecule has 3 aromatic rings. The lowest BCUT2D eigenvalue weighted by Crippen LogP contribution is -2.40. The maximum atomic E-state index is 12.4. The molecule has 0 bridgehead atoms. The van der Waals surface area contributed by atoms with Crippen LogP contribution in [0.2, 0.25) is 0 Å². The first-order valence-electron chi connectivity index (χ1n) is 10.6. The molecule has 0 N–H and O–H groups in total. The monoisotopic (exact) mass is 402 g/mol. The van der Waals surface area contributed by atoms with Crippen LogP contribution in [0.25, 0.3) is 11.1 Å². The normalized spacial score (nSPS) is 18.2. The van der Waals surface area contributed by atoms with Gasteiger partial charge in [0.1, 0.15) is 5.75 Å². The molecular weight excluding hydrogens is 376 g/mol. The zero-order valence-electron chi connectivity index (χ0n) is 17.6. The number of rotatable bonds is 4. The van der Waals surface area contributed by atoms with E-state index in [4.69, 9.17) is 4.74 Å². The molecule has 1 aromatic carbocycles. The molecule has 5 rings (SSSR count). The summed E-state index contributed by atoms with van der Waals surface area (Å²) in [5, 5.41) is 4.57. The number of fused-ring (bicyclic) bond motifs is 1. The summed E-state index contributed by atoms with van der Waals surface area (Å²) in [6, 6.07) is 10.6. The number of hydrogen-bond acceptors (Lipinski definition) is 4. The third kappa shape index (κ3) is 3.36. The molecule has 0 unspecified atom stereocenters. The van der Waals surface area contributed by atoms with Crippen LogP contribution in [-0.4, -0.2) is 26.7 Å². The molecule has 1 aliphatic heterocycles. The molecule has 1 fully saturated rings. The molecular formula is C24H26N4O2. The van der Waals surface area contributed by atoms with Crippen LogP contribution in [0.5, 0.6) is 11.6 Å². The minimum atomic E-state index is 0.0531. The van der Waals surface area contributed by atoms with E-state index in [0.29, 0.717) is 11.9 Å². The number of carbonyl (C=O) groups excluding carboxylic acids is 1. The number of hydrogen-bond donors (Lipinski definition) is 0. The molecule has 6 heteroatoms. The van der Waals surface area contributed by atoms with Crippen molar-refractivity contribution in [3.63, 3.8) is 0 Å². The van der Waals surface area contributed by atoms with Gasteiger partial charge in [0.2, 0.25) is 11.8 Å². The number of aryl methyl sites for hydroxylation is 1. The Hall–Kier alpha value is -3.15. The van der Waals surface area contributed by atoms with Gasteiger partial charge in [0.05, 0.1) is 17.9 Å². The van der Waals surface area contributed by atoms with Crippen LogP contribution in [0.3, 0.4) is 0 Å². The van der Waals surface area contributed by atoms with Gasteiger partial charge in [0.25, 0.3) is 0 Å². The zero-order valence-corrected chi connectivity index (χ0v) is 17.6. The number of aromatic nitrogens is 3. The Morgan fingerprint density at radius 3 is 2.73 bits per heavy atom. The Morgan fingerprint density at radius 1 is 1.17 bits per heavy atom. The Kier molecular flexibility index (Phi) is 4.57. The van der Waals surface area contributed by atoms with Crippen molar-refractivity contribution in [3.05, 3.63) is 54.0 Å². The van der Waals surface area contributed by atoms with Crippen molar-refractivity contribution in [1.82, 2.24) is 14.8 Å². The quantitative estimate of drug-likeness (QED) is 0.611. The van der Waals surface area contributed by atoms with Crippen molar-refractivity contribution in [2.24, 2.45) is 0 Å². The number of benzene rings is 1. The lowest BCUT2D eigenvalue weighted by atomic mass is 9.92. The highest BCUT2D eigenvalue weighted by Crippen LogP contribution is 2.45. The van der Waals surface area contributed by atoms with Crippen LogP contribution in [-0.2, 0) is 11.2 Å². The molecule has 30 heavy (non-hydrogen) atoms. The molecule has 1 aliphatic carbocycles. The highest BCUT2D eigenvalue weighted by molar-refractivity contribution is 5.95. The van der Waals surface area contributed by atoms with E-state index in [0.717, 1.165) is 46.7 Å². The predicted octanol–water partition coefficient (Wildman–Crippen LogP) is 5.07. The Morgan fingerprint density at radius 2 is 2.00 bits per heavy atom. The van der Waals surface area contributed by atoms with Crippen LogP contribution >= 0.6 is 0 Å². The van der Waals surface area contributed by atoms with Crippen molar-refractivity contribution in [2.45, 2.75) is 58.5 Å². The van der Waals surface area contributed by atoms with E-state index in [1.54, 1.807) is 6.92 Å². The number of carbonyl (C=O) groups is 1. The fourth-order valence-corrected chi connectivity index (χ4v) is 4.32. The van der Waals surface area contributed by atoms with Crippen molar-refractivity contribution >= 4 is 11.6 Å². The highest BCUT2D eigenvalue weighted by Gasteiger charge is 2.31. The van der Waals surface area contributed by atoms with Crippen molar-refractivity contribution < 1.29 is 9.53 Å². The van der Waals surface area contributed by atoms with Gasteiger partial charge in [0.15, 0.2) is 0 Å². The van der Waals surface area contributed by atoms with E-state index in [1.807, 2.05) is 53.0 Å². The summed E-state index contributed by atoms with van der Waals surface area (Å²) < 4.78 is 8.45. The minimum absolute atomic E-state index is 0.0531. The largest absolute Gasteiger partial charge is 0.438 e. The van der Waals surface area contributed by atoms with Gasteiger partial charge in [-0.2, -0.15) is 5.10 Å². The van der Waals surface area contributed by atoms with E-state index in [1.165, 1.54) is 12.8 Å². The van der Waals surface area contributed by atoms with Crippen LogP contribution in [0.1, 0.15) is 50.4 Å². The van der Waals surface area contributed by atoms with Gasteiger partial charge in [-0.05, 0) is 57.7 Å². The van der Waals surface area contributed by atoms with Gasteiger partial charge in [-0.25, -0.2) is 4.98 Å². The van der Waals surface area contributed by atoms with E-state index < -0.39 is 0 Å². The smallest absolute Gasteiger partial charge is 0.224 e. The van der Waals surface area contributed by atoms with E-state index >= 15 is 0 Å². The summed E-state index contributed by atoms with van der Waals surface area (Å²) in [7, 11) is 0. The van der Waals surface area contributed by atoms with Gasteiger partial charge < -0.3 is 9.64 Å². The predicted molar refractivity (Wildman–Crippen MR) is 116 cm³/mol. The first-order valence-corrected chi connectivity index (χ1v) is 10.6. The fraction of sp³-hybridized carbons (Fsp3) is 0.375. The molecule has 3 heterocycles. The summed E-state index contributed by atoms with van der Waals surface area (Å²) in [6.07, 6.45) is 8.14. The molecule has 1 amide bonds. The molecule has 1 atom stereocenters. The summed E-state index contributed by atoms with van der Waals surface area (Å²) in [4.78, 5) is 18.8. The first kappa shape index (κ1) is 18.9. The lowest BCUT2D eigenvalue weighted by molar-refractivity contribution is -0.117. The average molecular weight is 402 g/mol. The van der Waals surface area contributed by atoms with Gasteiger partial charge in [-0.15, -0.1) is 0 Å². The summed E-state index contributed by atoms with van der Waals surface area (Å²) in [6.45, 7) is 5.68. The van der Waals surface area contributed by atoms with Gasteiger partial charge >= 0.3 is 0 Å². The Balaban J connectivity index is 1.65. The molecule has 6 nitrogen and oxygen atoms in total. The van der Waals surface area contributed by atoms with E-state index in [9.17, 15) is 4.79 Å². The van der Waals surface area contributed by atoms with Gasteiger partial charge in [-0.3, -0.25) is 9.48 Å². The lowest BCUT2D eigenvalue weighted by Gasteiger charge is -2.35. The maximum Gasteiger partial charge on any atom is 0.224 e. The van der Waals surface area contributed by atoms with Crippen molar-refractivity contribution in [1.29, 1.82) is 0 Å². The highest BCUT2D eigenvalue weighted by atomic mass is 16.5. The zero-order chi connectivity index (χ0) is 20.8. The van der Waals surface area contributed by atoms with Crippen LogP contribution < -0.4 is 9.64 Å². The second kappa shape index (κ2) is 7.27. The SMILES string of the molecule is CC(=O)N1c2ccc(-c3cnn(C4CC4)c3)c(Oc3cccc(C)n3)c2CC[C@@H]1C. The van der Waals surface area contributed by atoms with Crippen molar-refractivity contribution in [3.8, 4) is 22.8 Å². The summed E-state index contributed by atoms with van der Waals surface area (Å²) >= 11 is 0. The number of ether oxygens (including phenoxy) is 1. The third-order valence-corrected chi connectivity index (χ3v) is 5.99. The van der Waals surface area contributed by atoms with Crippen LogP contribution in [0.4, 0.5) is 5.69 Å². The fourth-order valence-electron chi connectivity index (χ4n) is 4.32. The molecule has 1 saturated carbocycles. The number of amides is 1. The molecule has 0 radical (unpaired) electrons. The number of pyridine rings is 1. The molecule has 0 saturated heterocycles. The van der Waals surface area contributed by atoms with Gasteiger partial charge in [0, 0.05) is 47.6 Å². The second-order valence-electron chi connectivity index (χ2n) is 8.38. The average Bonchev–Trinajstić information content (AvgIpc) is 3.45. The van der Waals surface area contributed by atoms with Crippen LogP contribution in [0, 0.1) is 6.92 Å². The molecule has 2 aromatic heterocycles. The van der Waals surface area contributed by atoms with Crippen LogP contribution in [0.15, 0.2) is 42.7 Å². The topological polar surface area (TPSA) is 60.2 Å². The van der Waals surface area contributed by atoms with Crippen molar-refractivity contribution in [2.75, 3.05) is 4.90 Å². The minimum Gasteiger partial charge on any atom is -0.438 e. The Labute approximate surface area is 176 Å². The van der Waals surface area contributed by atoms with Gasteiger partial charge in [-0.1, -0.05) is 6.07 Å². The second-order valence-corrected chi connectivity index (χ2v) is 8.38. The Bertz CT molecular complexity index is 1120. The standard InChI is InChI=1S/C24H26N4O2/c1-15-5-4-6-23(26-15)30-24-20(18-13-25-27(14-18)19-8-9-19)11-12-22-21(24)10-7-16(2)28(22)17(3)29/h4-6,11-14,16,19H,7-10H2,1-3H3/t16-/m0/s1. The van der Waals surface area contributed by atoms with E-state index in [-0.39, 0.29) is 11.9 Å². The maximum absolute atomic E-state index is 12.4. The molecule has 0 spiro atoms. The number of nitrogens with zero attached hydrogens (tertiary/aromatic N) is 4. The summed E-state index contributed by atoms with van der Waals surface area (Å²) in [5.41, 5.74) is 4.91. The number of anilines is 1. The first-order chi connectivity index (χ1) is 14.5. The van der Waals surface area contributed by atoms with E-state index in [2.05, 4.69) is 23.2 Å².